The lowest BCUT2D eigenvalue weighted by Gasteiger charge is -2.19. The lowest BCUT2D eigenvalue weighted by atomic mass is 9.85. The van der Waals surface area contributed by atoms with Crippen LogP contribution in [0.2, 0.25) is 0 Å². The molecule has 0 saturated carbocycles. The van der Waals surface area contributed by atoms with Gasteiger partial charge in [0.2, 0.25) is 0 Å². The maximum atomic E-state index is 12.4. The summed E-state index contributed by atoms with van der Waals surface area (Å²) < 4.78 is 0. The van der Waals surface area contributed by atoms with Crippen molar-refractivity contribution < 1.29 is 4.79 Å². The van der Waals surface area contributed by atoms with Crippen LogP contribution in [0.25, 0.3) is 0 Å². The van der Waals surface area contributed by atoms with E-state index in [2.05, 4.69) is 41.5 Å². The molecule has 0 N–H and O–H groups in total. The highest BCUT2D eigenvalue weighted by atomic mass is 16.1. The molecule has 1 nitrogen and oxygen atoms in total. The number of hydrogen-bond acceptors (Lipinski definition) is 1. The van der Waals surface area contributed by atoms with Crippen molar-refractivity contribution in [1.29, 1.82) is 0 Å². The van der Waals surface area contributed by atoms with E-state index in [1.165, 1.54) is 27.8 Å². The van der Waals surface area contributed by atoms with E-state index in [9.17, 15) is 4.79 Å². The quantitative estimate of drug-likeness (QED) is 0.705. The molecule has 0 amide bonds. The molecule has 1 heteroatoms. The summed E-state index contributed by atoms with van der Waals surface area (Å²) in [6.45, 7) is 12.9. The first-order valence-electron chi connectivity index (χ1n) is 6.56. The number of hydrogen-bond donors (Lipinski definition) is 0. The van der Waals surface area contributed by atoms with Crippen molar-refractivity contribution in [3.05, 3.63) is 33.4 Å². The fraction of sp³-hybridized carbons (Fsp3) is 0.562. The normalized spacial score (nSPS) is 23.1. The summed E-state index contributed by atoms with van der Waals surface area (Å²) in [6.07, 6.45) is 1.06. The van der Waals surface area contributed by atoms with Gasteiger partial charge in [0, 0.05) is 11.5 Å². The minimum Gasteiger partial charge on any atom is -0.294 e. The summed E-state index contributed by atoms with van der Waals surface area (Å²) in [5.74, 6) is 0.944. The summed E-state index contributed by atoms with van der Waals surface area (Å²) in [6, 6.07) is 0. The zero-order valence-electron chi connectivity index (χ0n) is 11.8. The number of ketones is 1. The molecular formula is C16H22O. The number of Topliss-reactive ketones (excluding diaryl/α,β-unsaturated/α-hetero) is 1. The molecule has 92 valence electrons. The first-order chi connectivity index (χ1) is 7.91. The average Bonchev–Trinajstić information content (AvgIpc) is 2.57. The molecule has 0 fully saturated rings. The molecule has 2 unspecified atom stereocenters. The van der Waals surface area contributed by atoms with Gasteiger partial charge in [0.1, 0.15) is 0 Å². The van der Waals surface area contributed by atoms with E-state index in [0.717, 1.165) is 12.0 Å². The topological polar surface area (TPSA) is 17.1 Å². The molecule has 0 bridgehead atoms. The van der Waals surface area contributed by atoms with Crippen LogP contribution in [0.1, 0.15) is 64.4 Å². The number of fused-ring (bicyclic) bond motifs is 1. The maximum Gasteiger partial charge on any atom is 0.166 e. The summed E-state index contributed by atoms with van der Waals surface area (Å²) in [7, 11) is 0. The molecule has 2 rings (SSSR count). The molecule has 1 aromatic rings. The Kier molecular flexibility index (Phi) is 2.89. The van der Waals surface area contributed by atoms with Crippen molar-refractivity contribution in [1.82, 2.24) is 0 Å². The van der Waals surface area contributed by atoms with E-state index < -0.39 is 0 Å². The molecule has 1 aromatic carbocycles. The van der Waals surface area contributed by atoms with E-state index in [1.807, 2.05) is 0 Å². The van der Waals surface area contributed by atoms with E-state index in [4.69, 9.17) is 0 Å². The van der Waals surface area contributed by atoms with Crippen molar-refractivity contribution in [3.63, 3.8) is 0 Å². The van der Waals surface area contributed by atoms with Crippen LogP contribution >= 0.6 is 0 Å². The third-order valence-electron chi connectivity index (χ3n) is 4.81. The van der Waals surface area contributed by atoms with Crippen LogP contribution < -0.4 is 0 Å². The second-order valence-corrected chi connectivity index (χ2v) is 5.46. The molecule has 2 atom stereocenters. The minimum absolute atomic E-state index is 0.161. The van der Waals surface area contributed by atoms with Crippen LogP contribution in [0.3, 0.4) is 0 Å². The predicted molar refractivity (Wildman–Crippen MR) is 71.9 cm³/mol. The van der Waals surface area contributed by atoms with Crippen LogP contribution in [0.15, 0.2) is 0 Å². The van der Waals surface area contributed by atoms with Gasteiger partial charge in [-0.2, -0.15) is 0 Å². The Labute approximate surface area is 104 Å². The molecule has 0 spiro atoms. The lowest BCUT2D eigenvalue weighted by molar-refractivity contribution is 0.0932. The first-order valence-corrected chi connectivity index (χ1v) is 6.56. The fourth-order valence-corrected chi connectivity index (χ4v) is 3.34. The third kappa shape index (κ3) is 1.48. The SMILES string of the molecule is CCC1c2c(C)c(C)c(C)c(C)c2C(=O)C1C. The molecule has 0 radical (unpaired) electrons. The lowest BCUT2D eigenvalue weighted by Crippen LogP contribution is -2.08. The third-order valence-corrected chi connectivity index (χ3v) is 4.81. The summed E-state index contributed by atoms with van der Waals surface area (Å²) >= 11 is 0. The largest absolute Gasteiger partial charge is 0.294 e. The highest BCUT2D eigenvalue weighted by molar-refractivity contribution is 6.05. The van der Waals surface area contributed by atoms with Gasteiger partial charge in [-0.25, -0.2) is 0 Å². The summed E-state index contributed by atoms with van der Waals surface area (Å²) in [5.41, 5.74) is 7.57. The Balaban J connectivity index is 2.82. The monoisotopic (exact) mass is 230 g/mol. The van der Waals surface area contributed by atoms with Crippen molar-refractivity contribution in [2.45, 2.75) is 53.9 Å². The average molecular weight is 230 g/mol. The van der Waals surface area contributed by atoms with Gasteiger partial charge in [0.05, 0.1) is 0 Å². The number of rotatable bonds is 1. The van der Waals surface area contributed by atoms with Gasteiger partial charge in [0.25, 0.3) is 0 Å². The highest BCUT2D eigenvalue weighted by Gasteiger charge is 2.38. The summed E-state index contributed by atoms with van der Waals surface area (Å²) in [5, 5.41) is 0. The smallest absolute Gasteiger partial charge is 0.166 e. The van der Waals surface area contributed by atoms with Crippen molar-refractivity contribution in [3.8, 4) is 0 Å². The Hall–Kier alpha value is -1.11. The van der Waals surface area contributed by atoms with Gasteiger partial charge < -0.3 is 0 Å². The van der Waals surface area contributed by atoms with Gasteiger partial charge in [-0.1, -0.05) is 13.8 Å². The van der Waals surface area contributed by atoms with Crippen molar-refractivity contribution >= 4 is 5.78 Å². The van der Waals surface area contributed by atoms with Crippen LogP contribution in [0.4, 0.5) is 0 Å². The highest BCUT2D eigenvalue weighted by Crippen LogP contribution is 2.44. The number of carbonyl (C=O) groups is 1. The Morgan fingerprint density at radius 3 is 2.00 bits per heavy atom. The van der Waals surface area contributed by atoms with Gasteiger partial charge in [-0.05, 0) is 67.9 Å². The minimum atomic E-state index is 0.161. The summed E-state index contributed by atoms with van der Waals surface area (Å²) in [4.78, 5) is 12.4. The van der Waals surface area contributed by atoms with Gasteiger partial charge in [0.15, 0.2) is 5.78 Å². The van der Waals surface area contributed by atoms with Crippen molar-refractivity contribution in [2.24, 2.45) is 5.92 Å². The van der Waals surface area contributed by atoms with Gasteiger partial charge in [-0.15, -0.1) is 0 Å². The maximum absolute atomic E-state index is 12.4. The Morgan fingerprint density at radius 2 is 1.47 bits per heavy atom. The second-order valence-electron chi connectivity index (χ2n) is 5.46. The fourth-order valence-electron chi connectivity index (χ4n) is 3.34. The zero-order chi connectivity index (χ0) is 12.9. The predicted octanol–water partition coefficient (Wildman–Crippen LogP) is 4.25. The molecule has 0 heterocycles. The Morgan fingerprint density at radius 1 is 0.941 bits per heavy atom. The van der Waals surface area contributed by atoms with Crippen LogP contribution in [0, 0.1) is 33.6 Å². The molecule has 1 aliphatic carbocycles. The number of carbonyl (C=O) groups excluding carboxylic acids is 1. The van der Waals surface area contributed by atoms with Crippen LogP contribution in [-0.2, 0) is 0 Å². The Bertz CT molecular complexity index is 497. The molecule has 17 heavy (non-hydrogen) atoms. The molecule has 1 aliphatic rings. The second kappa shape index (κ2) is 3.97. The first kappa shape index (κ1) is 12.3. The standard InChI is InChI=1S/C16H22O/c1-7-13-12(6)16(17)15-11(5)9(3)8(2)10(4)14(13)15/h12-13H,7H2,1-6H3. The van der Waals surface area contributed by atoms with Crippen LogP contribution in [0.5, 0.6) is 0 Å². The van der Waals surface area contributed by atoms with E-state index in [0.29, 0.717) is 11.7 Å². The van der Waals surface area contributed by atoms with E-state index >= 15 is 0 Å². The molecular weight excluding hydrogens is 208 g/mol. The van der Waals surface area contributed by atoms with E-state index in [-0.39, 0.29) is 5.92 Å². The van der Waals surface area contributed by atoms with Crippen molar-refractivity contribution in [2.75, 3.05) is 0 Å². The van der Waals surface area contributed by atoms with Gasteiger partial charge >= 0.3 is 0 Å². The van der Waals surface area contributed by atoms with Gasteiger partial charge in [-0.3, -0.25) is 4.79 Å². The van der Waals surface area contributed by atoms with Crippen LogP contribution in [-0.4, -0.2) is 5.78 Å². The van der Waals surface area contributed by atoms with E-state index in [1.54, 1.807) is 0 Å². The number of benzene rings is 1. The molecule has 0 saturated heterocycles. The zero-order valence-corrected chi connectivity index (χ0v) is 11.8. The molecule has 0 aliphatic heterocycles. The molecule has 0 aromatic heterocycles.